The molecule has 0 saturated heterocycles. The number of alkyl halides is 2. The summed E-state index contributed by atoms with van der Waals surface area (Å²) in [6, 6.07) is 9.46. The summed E-state index contributed by atoms with van der Waals surface area (Å²) in [5.74, 6) is -0.679. The van der Waals surface area contributed by atoms with E-state index in [-0.39, 0.29) is 33.3 Å². The third kappa shape index (κ3) is 4.81. The van der Waals surface area contributed by atoms with E-state index < -0.39 is 17.9 Å². The van der Waals surface area contributed by atoms with Gasteiger partial charge in [0.1, 0.15) is 22.7 Å². The van der Waals surface area contributed by atoms with Crippen LogP contribution in [-0.4, -0.2) is 82.1 Å². The maximum atomic E-state index is 13.3. The number of carbonyl (C=O) groups is 1. The zero-order valence-electron chi connectivity index (χ0n) is 22.9. The Morgan fingerprint density at radius 2 is 1.79 bits per heavy atom. The van der Waals surface area contributed by atoms with Crippen molar-refractivity contribution in [3.05, 3.63) is 47.8 Å². The number of aromatic nitrogens is 2. The molecule has 0 aliphatic heterocycles. The van der Waals surface area contributed by atoms with Crippen molar-refractivity contribution in [3.63, 3.8) is 0 Å². The van der Waals surface area contributed by atoms with E-state index in [9.17, 15) is 18.8 Å². The summed E-state index contributed by atoms with van der Waals surface area (Å²) in [7, 11) is 13.7. The van der Waals surface area contributed by atoms with Crippen molar-refractivity contribution in [2.24, 2.45) is 0 Å². The van der Waals surface area contributed by atoms with Crippen molar-refractivity contribution in [3.8, 4) is 28.8 Å². The smallest absolute Gasteiger partial charge is 0.387 e. The number of hydrogen-bond acceptors (Lipinski definition) is 5. The number of methoxy groups -OCH3 is 1. The van der Waals surface area contributed by atoms with Crippen LogP contribution in [0, 0.1) is 11.3 Å². The van der Waals surface area contributed by atoms with E-state index in [0.29, 0.717) is 16.9 Å². The predicted octanol–water partition coefficient (Wildman–Crippen LogP) is -1.79. The lowest BCUT2D eigenvalue weighted by Gasteiger charge is -2.50. The lowest BCUT2D eigenvalue weighted by atomic mass is 9.19. The minimum Gasteiger partial charge on any atom is -0.496 e. The van der Waals surface area contributed by atoms with Crippen LogP contribution < -0.4 is 14.8 Å². The summed E-state index contributed by atoms with van der Waals surface area (Å²) in [6.45, 7) is -3.12. The number of ether oxygens (including phenoxy) is 2. The second kappa shape index (κ2) is 9.79. The number of halogens is 2. The van der Waals surface area contributed by atoms with Gasteiger partial charge in [-0.15, -0.1) is 0 Å². The van der Waals surface area contributed by atoms with Crippen molar-refractivity contribution in [2.75, 3.05) is 7.11 Å². The number of hydrogen-bond donors (Lipinski definition) is 1. The molecule has 0 spiro atoms. The lowest BCUT2D eigenvalue weighted by molar-refractivity contribution is -0.0502. The highest BCUT2D eigenvalue weighted by Crippen LogP contribution is 2.52. The van der Waals surface area contributed by atoms with E-state index >= 15 is 0 Å². The first-order chi connectivity index (χ1) is 17.7. The maximum Gasteiger partial charge on any atom is 0.387 e. The van der Waals surface area contributed by atoms with Gasteiger partial charge in [-0.3, -0.25) is 9.20 Å². The monoisotopic (exact) mass is 512 g/mol. The van der Waals surface area contributed by atoms with Gasteiger partial charge >= 0.3 is 6.61 Å². The molecule has 2 heterocycles. The van der Waals surface area contributed by atoms with Crippen LogP contribution in [0.2, 0.25) is 10.2 Å². The van der Waals surface area contributed by atoms with Gasteiger partial charge in [-0.05, 0) is 42.7 Å². The van der Waals surface area contributed by atoms with Gasteiger partial charge in [-0.2, -0.15) is 14.0 Å². The molecule has 4 rings (SSSR count). The number of carbonyl (C=O) groups excluding carboxylic acids is 1. The van der Waals surface area contributed by atoms with Crippen molar-refractivity contribution in [1.82, 2.24) is 14.7 Å². The third-order valence-electron chi connectivity index (χ3n) is 7.30. The molecule has 1 amide bonds. The van der Waals surface area contributed by atoms with Gasteiger partial charge in [0.05, 0.1) is 77.6 Å². The second-order valence-corrected chi connectivity index (χ2v) is 11.8. The normalized spacial score (nSPS) is 14.3. The van der Waals surface area contributed by atoms with Gasteiger partial charge in [0.25, 0.3) is 5.91 Å². The van der Waals surface area contributed by atoms with Gasteiger partial charge < -0.3 is 14.8 Å². The molecule has 1 aliphatic rings. The fraction of sp³-hybridized carbons (Fsp3) is 0.348. The number of fused-ring (bicyclic) bond motifs is 1. The first-order valence-corrected chi connectivity index (χ1v) is 12.6. The minimum absolute atomic E-state index is 0.0287. The van der Waals surface area contributed by atoms with Crippen LogP contribution in [0.5, 0.6) is 11.5 Å². The van der Waals surface area contributed by atoms with Gasteiger partial charge in [0, 0.05) is 17.8 Å². The minimum atomic E-state index is -3.12. The van der Waals surface area contributed by atoms with Crippen LogP contribution in [0.1, 0.15) is 28.8 Å². The largest absolute Gasteiger partial charge is 0.496 e. The van der Waals surface area contributed by atoms with Crippen LogP contribution in [-0.2, 0) is 5.41 Å². The molecule has 1 aromatic carbocycles. The molecular weight excluding hydrogens is 483 g/mol. The molecular formula is C23H28B6F2N4O3. The zero-order valence-corrected chi connectivity index (χ0v) is 22.9. The van der Waals surface area contributed by atoms with Crippen LogP contribution in [0.15, 0.2) is 36.7 Å². The highest BCUT2D eigenvalue weighted by Gasteiger charge is 2.51. The Morgan fingerprint density at radius 3 is 2.32 bits per heavy atom. The Labute approximate surface area is 226 Å². The Balaban J connectivity index is 1.86. The summed E-state index contributed by atoms with van der Waals surface area (Å²) in [6.07, 6.45) is 5.13. The number of nitrogens with zero attached hydrogens (tertiary/aromatic N) is 3. The molecule has 190 valence electrons. The van der Waals surface area contributed by atoms with Gasteiger partial charge in [-0.1, -0.05) is 10.2 Å². The Kier molecular flexibility index (Phi) is 7.15. The fourth-order valence-electron chi connectivity index (χ4n) is 5.62. The van der Waals surface area contributed by atoms with E-state index in [1.807, 2.05) is 22.7 Å². The Bertz CT molecular complexity index is 1410. The SMILES string of the molecule is BC(B)(B)C(C#N)(c1ccn2c(-c3cc(OC)c(C(=O)NC4CC4)c(OC(F)F)c3)cnc2c1)C(B)(B)B. The summed E-state index contributed by atoms with van der Waals surface area (Å²) in [5.41, 5.74) is 1.62. The molecule has 1 saturated carbocycles. The van der Waals surface area contributed by atoms with E-state index in [1.165, 1.54) is 13.2 Å². The second-order valence-electron chi connectivity index (χ2n) is 11.8. The molecule has 1 N–H and O–H groups in total. The standard InChI is InChI=1S/C23H28B6F2N4O3/c1-37-15-6-11(7-16(38-20(30)31)18(15)19(36)34-13-2-3-13)14-9-33-17-8-12(4-5-35(14)17)21(10-32,22(24,25)26)23(27,28)29/h4-9,13,20H,2-3,24-29H2,1H3,(H,34,36). The van der Waals surface area contributed by atoms with Crippen molar-refractivity contribution in [2.45, 2.75) is 41.1 Å². The summed E-state index contributed by atoms with van der Waals surface area (Å²) in [5, 5.41) is 12.5. The quantitative estimate of drug-likeness (QED) is 0.343. The summed E-state index contributed by atoms with van der Waals surface area (Å²) >= 11 is 0. The zero-order chi connectivity index (χ0) is 28.0. The van der Waals surface area contributed by atoms with Crippen molar-refractivity contribution >= 4 is 58.6 Å². The predicted molar refractivity (Wildman–Crippen MR) is 158 cm³/mol. The first-order valence-electron chi connectivity index (χ1n) is 12.6. The average molecular weight is 511 g/mol. The summed E-state index contributed by atoms with van der Waals surface area (Å²) < 4.78 is 38.7. The van der Waals surface area contributed by atoms with Crippen LogP contribution in [0.4, 0.5) is 8.78 Å². The third-order valence-corrected chi connectivity index (χ3v) is 7.30. The molecule has 15 heteroatoms. The van der Waals surface area contributed by atoms with Crippen molar-refractivity contribution in [1.29, 1.82) is 5.26 Å². The Morgan fingerprint density at radius 1 is 1.16 bits per heavy atom. The Hall–Kier alpha value is -3.28. The first kappa shape index (κ1) is 27.7. The van der Waals surface area contributed by atoms with Crippen LogP contribution in [0.25, 0.3) is 16.9 Å². The molecule has 3 aromatic rings. The van der Waals surface area contributed by atoms with Gasteiger partial charge in [0.15, 0.2) is 0 Å². The molecule has 1 fully saturated rings. The number of benzene rings is 1. The van der Waals surface area contributed by atoms with Crippen LogP contribution in [0.3, 0.4) is 0 Å². The van der Waals surface area contributed by atoms with Crippen LogP contribution >= 0.6 is 0 Å². The molecule has 7 nitrogen and oxygen atoms in total. The molecule has 0 bridgehead atoms. The number of rotatable bonds is 9. The molecule has 1 aliphatic carbocycles. The number of imidazole rings is 1. The van der Waals surface area contributed by atoms with Gasteiger partial charge in [0.2, 0.25) is 0 Å². The lowest BCUT2D eigenvalue weighted by Crippen LogP contribution is -2.51. The molecule has 0 radical (unpaired) electrons. The highest BCUT2D eigenvalue weighted by atomic mass is 19.3. The highest BCUT2D eigenvalue weighted by molar-refractivity contribution is 6.66. The summed E-state index contributed by atoms with van der Waals surface area (Å²) in [4.78, 5) is 17.4. The number of nitriles is 1. The van der Waals surface area contributed by atoms with Crippen molar-refractivity contribution < 1.29 is 23.0 Å². The average Bonchev–Trinajstić information content (AvgIpc) is 3.52. The number of pyridine rings is 1. The van der Waals surface area contributed by atoms with E-state index in [4.69, 9.17) is 9.47 Å². The topological polar surface area (TPSA) is 88.7 Å². The molecule has 0 atom stereocenters. The molecule has 38 heavy (non-hydrogen) atoms. The molecule has 2 aromatic heterocycles. The molecule has 0 unspecified atom stereocenters. The van der Waals surface area contributed by atoms with Gasteiger partial charge in [-0.25, -0.2) is 4.98 Å². The van der Waals surface area contributed by atoms with E-state index in [0.717, 1.165) is 18.4 Å². The van der Waals surface area contributed by atoms with E-state index in [1.54, 1.807) is 12.3 Å². The fourth-order valence-corrected chi connectivity index (χ4v) is 5.62. The number of nitrogens with one attached hydrogen (secondary N) is 1. The maximum absolute atomic E-state index is 13.3. The number of amides is 1. The van der Waals surface area contributed by atoms with E-state index in [2.05, 4.69) is 63.4 Å².